The van der Waals surface area contributed by atoms with Gasteiger partial charge in [-0.1, -0.05) is 0 Å². The highest BCUT2D eigenvalue weighted by Crippen LogP contribution is 1.94. The molecule has 1 fully saturated rings. The van der Waals surface area contributed by atoms with Crippen LogP contribution in [0.3, 0.4) is 0 Å². The van der Waals surface area contributed by atoms with Crippen molar-refractivity contribution in [2.75, 3.05) is 39.3 Å². The van der Waals surface area contributed by atoms with Crippen LogP contribution in [-0.4, -0.2) is 67.3 Å². The molecule has 0 bridgehead atoms. The Morgan fingerprint density at radius 1 is 1.40 bits per heavy atom. The van der Waals surface area contributed by atoms with E-state index in [4.69, 9.17) is 11.5 Å². The number of nitrogens with zero attached hydrogens (tertiary/aromatic N) is 1. The van der Waals surface area contributed by atoms with Crippen LogP contribution in [0.2, 0.25) is 0 Å². The van der Waals surface area contributed by atoms with Crippen molar-refractivity contribution < 1.29 is 14.7 Å². The third-order valence-corrected chi connectivity index (χ3v) is 3.07. The number of hydrogen-bond donors (Lipinski definition) is 4. The van der Waals surface area contributed by atoms with Gasteiger partial charge in [0.05, 0.1) is 0 Å². The predicted molar refractivity (Wildman–Crippen MR) is 75.3 cm³/mol. The Morgan fingerprint density at radius 2 is 2.10 bits per heavy atom. The molecule has 1 unspecified atom stereocenters. The predicted octanol–water partition coefficient (Wildman–Crippen LogP) is -0.943. The minimum absolute atomic E-state index is 0.0243. The molecule has 1 heterocycles. The Hall–Kier alpha value is -1.78. The molecule has 1 aliphatic rings. The first-order valence-corrected chi connectivity index (χ1v) is 6.77. The normalized spacial score (nSPS) is 16.9. The van der Waals surface area contributed by atoms with Crippen LogP contribution in [-0.2, 0) is 4.79 Å². The summed E-state index contributed by atoms with van der Waals surface area (Å²) in [5.74, 6) is 1.10. The van der Waals surface area contributed by atoms with Crippen molar-refractivity contribution in [2.24, 2.45) is 0 Å². The van der Waals surface area contributed by atoms with Gasteiger partial charge in [-0.3, -0.25) is 0 Å². The number of urea groups is 1. The number of carboxylic acid groups (broad SMARTS) is 1. The van der Waals surface area contributed by atoms with Gasteiger partial charge in [-0.2, -0.15) is 0 Å². The maximum absolute atomic E-state index is 11.5. The number of amides is 2. The molecule has 2 amide bonds. The third-order valence-electron chi connectivity index (χ3n) is 3.07. The molecule has 0 radical (unpaired) electrons. The van der Waals surface area contributed by atoms with Gasteiger partial charge in [0.25, 0.3) is 0 Å². The first-order chi connectivity index (χ1) is 9.63. The van der Waals surface area contributed by atoms with E-state index in [1.54, 1.807) is 0 Å². The van der Waals surface area contributed by atoms with Crippen molar-refractivity contribution in [2.45, 2.75) is 18.9 Å². The number of terminal acetylenes is 1. The average molecular weight is 282 g/mol. The zero-order valence-corrected chi connectivity index (χ0v) is 11.5. The van der Waals surface area contributed by atoms with Crippen LogP contribution in [0.15, 0.2) is 0 Å². The van der Waals surface area contributed by atoms with Crippen LogP contribution in [0, 0.1) is 12.3 Å². The summed E-state index contributed by atoms with van der Waals surface area (Å²) in [5, 5.41) is 17.1. The van der Waals surface area contributed by atoms with Crippen molar-refractivity contribution in [1.29, 1.82) is 0 Å². The van der Waals surface area contributed by atoms with Crippen molar-refractivity contribution in [3.05, 3.63) is 0 Å². The number of carbonyl (C=O) groups is 2. The lowest BCUT2D eigenvalue weighted by atomic mass is 10.2. The topological polar surface area (TPSA) is 93.7 Å². The second-order valence-corrected chi connectivity index (χ2v) is 4.64. The molecule has 0 aromatic heterocycles. The summed E-state index contributed by atoms with van der Waals surface area (Å²) in [6.45, 7) is 5.48. The zero-order valence-electron chi connectivity index (χ0n) is 11.5. The summed E-state index contributed by atoms with van der Waals surface area (Å²) in [5.41, 5.74) is 0. The largest absolute Gasteiger partial charge is 0.480 e. The van der Waals surface area contributed by atoms with Crippen LogP contribution in [0.4, 0.5) is 4.79 Å². The van der Waals surface area contributed by atoms with Crippen LogP contribution in [0.1, 0.15) is 12.8 Å². The van der Waals surface area contributed by atoms with Gasteiger partial charge in [0.1, 0.15) is 6.04 Å². The lowest BCUT2D eigenvalue weighted by Gasteiger charge is -2.27. The lowest BCUT2D eigenvalue weighted by Crippen LogP contribution is -2.47. The van der Waals surface area contributed by atoms with E-state index in [-0.39, 0.29) is 6.42 Å². The lowest BCUT2D eigenvalue weighted by molar-refractivity contribution is -0.139. The Balaban J connectivity index is 2.12. The van der Waals surface area contributed by atoms with Gasteiger partial charge in [0.15, 0.2) is 0 Å². The highest BCUT2D eigenvalue weighted by Gasteiger charge is 2.18. The number of carboxylic acids is 1. The molecule has 1 rings (SSSR count). The maximum Gasteiger partial charge on any atom is 0.327 e. The average Bonchev–Trinajstić information content (AvgIpc) is 2.44. The minimum Gasteiger partial charge on any atom is -0.480 e. The van der Waals surface area contributed by atoms with Gasteiger partial charge in [0, 0.05) is 39.1 Å². The summed E-state index contributed by atoms with van der Waals surface area (Å²) >= 11 is 0. The summed E-state index contributed by atoms with van der Waals surface area (Å²) in [4.78, 5) is 24.6. The van der Waals surface area contributed by atoms with E-state index in [2.05, 4.69) is 26.8 Å². The first kappa shape index (κ1) is 16.3. The summed E-state index contributed by atoms with van der Waals surface area (Å²) in [6, 6.07) is -1.53. The molecule has 0 aromatic rings. The fourth-order valence-electron chi connectivity index (χ4n) is 1.97. The van der Waals surface area contributed by atoms with Gasteiger partial charge in [-0.25, -0.2) is 9.59 Å². The van der Waals surface area contributed by atoms with Crippen molar-refractivity contribution in [3.63, 3.8) is 0 Å². The van der Waals surface area contributed by atoms with Crippen LogP contribution < -0.4 is 16.0 Å². The van der Waals surface area contributed by atoms with Gasteiger partial charge in [0.2, 0.25) is 0 Å². The molecule has 7 heteroatoms. The number of aliphatic carboxylic acids is 1. The van der Waals surface area contributed by atoms with E-state index in [0.29, 0.717) is 6.54 Å². The Labute approximate surface area is 119 Å². The van der Waals surface area contributed by atoms with E-state index >= 15 is 0 Å². The van der Waals surface area contributed by atoms with Crippen molar-refractivity contribution >= 4 is 12.0 Å². The van der Waals surface area contributed by atoms with Gasteiger partial charge in [-0.15, -0.1) is 12.3 Å². The standard InChI is InChI=1S/C13H22N4O3/c1-2-4-11(12(18)19)16-13(20)15-5-3-8-17-9-6-14-7-10-17/h1,11,14H,3-10H2,(H,18,19)(H2,15,16,20). The quantitative estimate of drug-likeness (QED) is 0.357. The molecule has 0 aliphatic carbocycles. The number of hydrogen-bond acceptors (Lipinski definition) is 4. The molecule has 0 saturated carbocycles. The molecule has 7 nitrogen and oxygen atoms in total. The third kappa shape index (κ3) is 6.41. The highest BCUT2D eigenvalue weighted by molar-refractivity contribution is 5.82. The number of carbonyl (C=O) groups excluding carboxylic acids is 1. The molecule has 112 valence electrons. The van der Waals surface area contributed by atoms with Crippen LogP contribution in [0.25, 0.3) is 0 Å². The summed E-state index contributed by atoms with van der Waals surface area (Å²) in [7, 11) is 0. The molecule has 0 aromatic carbocycles. The Bertz CT molecular complexity index is 361. The molecule has 20 heavy (non-hydrogen) atoms. The SMILES string of the molecule is C#CCC(NC(=O)NCCCN1CCNCC1)C(=O)O. The second kappa shape index (κ2) is 9.18. The van der Waals surface area contributed by atoms with E-state index in [0.717, 1.165) is 39.1 Å². The number of nitrogens with one attached hydrogen (secondary N) is 3. The fraction of sp³-hybridized carbons (Fsp3) is 0.692. The van der Waals surface area contributed by atoms with E-state index in [9.17, 15) is 9.59 Å². The highest BCUT2D eigenvalue weighted by atomic mass is 16.4. The number of rotatable bonds is 7. The molecule has 1 saturated heterocycles. The van der Waals surface area contributed by atoms with Crippen LogP contribution in [0.5, 0.6) is 0 Å². The smallest absolute Gasteiger partial charge is 0.327 e. The molecular formula is C13H22N4O3. The molecular weight excluding hydrogens is 260 g/mol. The molecule has 1 atom stereocenters. The monoisotopic (exact) mass is 282 g/mol. The Morgan fingerprint density at radius 3 is 2.70 bits per heavy atom. The molecule has 4 N–H and O–H groups in total. The zero-order chi connectivity index (χ0) is 14.8. The van der Waals surface area contributed by atoms with Gasteiger partial charge >= 0.3 is 12.0 Å². The van der Waals surface area contributed by atoms with E-state index in [1.165, 1.54) is 0 Å². The molecule has 0 spiro atoms. The van der Waals surface area contributed by atoms with E-state index in [1.807, 2.05) is 0 Å². The van der Waals surface area contributed by atoms with Crippen LogP contribution >= 0.6 is 0 Å². The van der Waals surface area contributed by atoms with Gasteiger partial charge in [-0.05, 0) is 13.0 Å². The fourth-order valence-corrected chi connectivity index (χ4v) is 1.97. The first-order valence-electron chi connectivity index (χ1n) is 6.77. The van der Waals surface area contributed by atoms with Gasteiger partial charge < -0.3 is 26.0 Å². The number of piperazine rings is 1. The van der Waals surface area contributed by atoms with Crippen molar-refractivity contribution in [3.8, 4) is 12.3 Å². The minimum atomic E-state index is -1.13. The Kier molecular flexibility index (Phi) is 7.47. The van der Waals surface area contributed by atoms with E-state index < -0.39 is 18.0 Å². The second-order valence-electron chi connectivity index (χ2n) is 4.64. The molecule has 1 aliphatic heterocycles. The summed E-state index contributed by atoms with van der Waals surface area (Å²) < 4.78 is 0. The van der Waals surface area contributed by atoms with Crippen molar-refractivity contribution in [1.82, 2.24) is 20.9 Å². The summed E-state index contributed by atoms with van der Waals surface area (Å²) in [6.07, 6.45) is 5.86. The maximum atomic E-state index is 11.5.